The van der Waals surface area contributed by atoms with Gasteiger partial charge in [0, 0.05) is 30.7 Å². The van der Waals surface area contributed by atoms with Gasteiger partial charge < -0.3 is 10.4 Å². The molecule has 2 N–H and O–H groups in total. The Morgan fingerprint density at radius 2 is 2.18 bits per heavy atom. The molecule has 1 aliphatic heterocycles. The molecule has 1 fully saturated rings. The van der Waals surface area contributed by atoms with Crippen LogP contribution < -0.4 is 5.32 Å². The summed E-state index contributed by atoms with van der Waals surface area (Å²) in [5.41, 5.74) is 1.23. The lowest BCUT2D eigenvalue weighted by molar-refractivity contribution is 0.173. The van der Waals surface area contributed by atoms with Gasteiger partial charge >= 0.3 is 0 Å². The van der Waals surface area contributed by atoms with Crippen LogP contribution in [0.2, 0.25) is 5.02 Å². The number of nitrogens with one attached hydrogen (secondary N) is 1. The third-order valence-electron chi connectivity index (χ3n) is 3.31. The molecule has 2 rings (SSSR count). The molecule has 0 amide bonds. The number of hydrogen-bond acceptors (Lipinski definition) is 3. The molecule has 0 aromatic heterocycles. The Bertz CT molecular complexity index is 355. The van der Waals surface area contributed by atoms with Crippen LogP contribution in [0.25, 0.3) is 0 Å². The molecule has 2 atom stereocenters. The predicted molar refractivity (Wildman–Crippen MR) is 70.3 cm³/mol. The maximum absolute atomic E-state index is 9.51. The van der Waals surface area contributed by atoms with Crippen molar-refractivity contribution >= 4 is 11.6 Å². The van der Waals surface area contributed by atoms with Crippen LogP contribution in [0, 0.1) is 0 Å². The topological polar surface area (TPSA) is 35.5 Å². The van der Waals surface area contributed by atoms with Gasteiger partial charge in [0.1, 0.15) is 0 Å². The molecule has 1 heterocycles. The number of aliphatic hydroxyl groups is 1. The van der Waals surface area contributed by atoms with E-state index in [-0.39, 0.29) is 12.1 Å². The van der Waals surface area contributed by atoms with E-state index < -0.39 is 0 Å². The van der Waals surface area contributed by atoms with Crippen molar-refractivity contribution in [2.75, 3.05) is 26.7 Å². The number of rotatable bonds is 4. The first kappa shape index (κ1) is 12.8. The Morgan fingerprint density at radius 1 is 1.47 bits per heavy atom. The minimum atomic E-state index is -0.155. The first-order chi connectivity index (χ1) is 8.19. The Labute approximate surface area is 107 Å². The molecule has 3 nitrogen and oxygen atoms in total. The number of hydrogen-bond donors (Lipinski definition) is 2. The maximum atomic E-state index is 9.51. The quantitative estimate of drug-likeness (QED) is 0.858. The molecule has 1 aromatic rings. The summed E-state index contributed by atoms with van der Waals surface area (Å²) < 4.78 is 0. The highest BCUT2D eigenvalue weighted by Crippen LogP contribution is 2.19. The van der Waals surface area contributed by atoms with E-state index in [1.165, 1.54) is 5.56 Å². The minimum Gasteiger partial charge on any atom is -0.392 e. The first-order valence-corrected chi connectivity index (χ1v) is 6.40. The fourth-order valence-electron chi connectivity index (χ4n) is 2.29. The number of benzene rings is 1. The number of likely N-dealkylation sites (N-methyl/N-ethyl adjacent to an activating group) is 1. The SMILES string of the molecule is CN[C@H](CN1CC[C@H](O)C1)c1ccc(Cl)cc1. The Hall–Kier alpha value is -0.610. The third-order valence-corrected chi connectivity index (χ3v) is 3.56. The number of likely N-dealkylation sites (tertiary alicyclic amines) is 1. The van der Waals surface area contributed by atoms with E-state index in [2.05, 4.69) is 22.3 Å². The molecule has 1 aromatic carbocycles. The highest BCUT2D eigenvalue weighted by atomic mass is 35.5. The Morgan fingerprint density at radius 3 is 2.71 bits per heavy atom. The zero-order valence-corrected chi connectivity index (χ0v) is 10.8. The van der Waals surface area contributed by atoms with Gasteiger partial charge in [-0.3, -0.25) is 4.90 Å². The van der Waals surface area contributed by atoms with Gasteiger partial charge in [0.05, 0.1) is 6.10 Å². The summed E-state index contributed by atoms with van der Waals surface area (Å²) in [7, 11) is 1.96. The number of nitrogens with zero attached hydrogens (tertiary/aromatic N) is 1. The normalized spacial score (nSPS) is 22.9. The molecule has 0 aliphatic carbocycles. The fourth-order valence-corrected chi connectivity index (χ4v) is 2.42. The second-order valence-corrected chi connectivity index (χ2v) is 5.03. The van der Waals surface area contributed by atoms with E-state index in [9.17, 15) is 5.11 Å². The summed E-state index contributed by atoms with van der Waals surface area (Å²) in [5.74, 6) is 0. The zero-order chi connectivity index (χ0) is 12.3. The summed E-state index contributed by atoms with van der Waals surface area (Å²) in [6.45, 7) is 2.69. The predicted octanol–water partition coefficient (Wildman–Crippen LogP) is 1.67. The highest BCUT2D eigenvalue weighted by Gasteiger charge is 2.22. The summed E-state index contributed by atoms with van der Waals surface area (Å²) in [4.78, 5) is 2.29. The molecule has 0 spiro atoms. The van der Waals surface area contributed by atoms with Gasteiger partial charge in [0.2, 0.25) is 0 Å². The second kappa shape index (κ2) is 5.83. The molecular formula is C13H19ClN2O. The smallest absolute Gasteiger partial charge is 0.0679 e. The van der Waals surface area contributed by atoms with Crippen molar-refractivity contribution in [2.24, 2.45) is 0 Å². The minimum absolute atomic E-state index is 0.155. The Balaban J connectivity index is 1.98. The van der Waals surface area contributed by atoms with Crippen molar-refractivity contribution in [1.29, 1.82) is 0 Å². The highest BCUT2D eigenvalue weighted by molar-refractivity contribution is 6.30. The van der Waals surface area contributed by atoms with Crippen molar-refractivity contribution in [2.45, 2.75) is 18.6 Å². The molecular weight excluding hydrogens is 236 g/mol. The molecule has 1 saturated heterocycles. The standard InChI is InChI=1S/C13H19ClN2O/c1-15-13(9-16-7-6-12(17)8-16)10-2-4-11(14)5-3-10/h2-5,12-13,15,17H,6-9H2,1H3/t12-,13+/m0/s1. The molecule has 17 heavy (non-hydrogen) atoms. The van der Waals surface area contributed by atoms with E-state index in [1.807, 2.05) is 19.2 Å². The average molecular weight is 255 g/mol. The van der Waals surface area contributed by atoms with Crippen LogP contribution in [-0.4, -0.2) is 42.8 Å². The summed E-state index contributed by atoms with van der Waals surface area (Å²) in [5, 5.41) is 13.6. The third kappa shape index (κ3) is 3.42. The number of aliphatic hydroxyl groups excluding tert-OH is 1. The second-order valence-electron chi connectivity index (χ2n) is 4.59. The molecule has 0 unspecified atom stereocenters. The van der Waals surface area contributed by atoms with Crippen LogP contribution in [0.5, 0.6) is 0 Å². The van der Waals surface area contributed by atoms with Crippen molar-refractivity contribution < 1.29 is 5.11 Å². The van der Waals surface area contributed by atoms with Crippen molar-refractivity contribution in [3.05, 3.63) is 34.9 Å². The largest absolute Gasteiger partial charge is 0.392 e. The zero-order valence-electron chi connectivity index (χ0n) is 10.1. The number of halogens is 1. The average Bonchev–Trinajstić information content (AvgIpc) is 2.73. The van der Waals surface area contributed by atoms with E-state index in [4.69, 9.17) is 11.6 Å². The van der Waals surface area contributed by atoms with Crippen LogP contribution in [0.4, 0.5) is 0 Å². The van der Waals surface area contributed by atoms with Gasteiger partial charge in [-0.2, -0.15) is 0 Å². The van der Waals surface area contributed by atoms with E-state index in [0.29, 0.717) is 0 Å². The van der Waals surface area contributed by atoms with Crippen molar-refractivity contribution in [3.8, 4) is 0 Å². The fraction of sp³-hybridized carbons (Fsp3) is 0.538. The first-order valence-electron chi connectivity index (χ1n) is 6.02. The van der Waals surface area contributed by atoms with Gasteiger partial charge in [-0.15, -0.1) is 0 Å². The molecule has 0 bridgehead atoms. The molecule has 4 heteroatoms. The summed E-state index contributed by atoms with van der Waals surface area (Å²) >= 11 is 5.89. The monoisotopic (exact) mass is 254 g/mol. The van der Waals surface area contributed by atoms with Gasteiger partial charge in [-0.25, -0.2) is 0 Å². The number of β-amino-alcohol motifs (C(OH)–C–C–N with tert-alkyl or cyclic N) is 1. The van der Waals surface area contributed by atoms with Crippen LogP contribution in [0.1, 0.15) is 18.0 Å². The maximum Gasteiger partial charge on any atom is 0.0679 e. The lowest BCUT2D eigenvalue weighted by atomic mass is 10.1. The van der Waals surface area contributed by atoms with Crippen molar-refractivity contribution in [1.82, 2.24) is 10.2 Å². The molecule has 1 aliphatic rings. The summed E-state index contributed by atoms with van der Waals surface area (Å²) in [6.07, 6.45) is 0.731. The van der Waals surface area contributed by atoms with E-state index in [1.54, 1.807) is 0 Å². The van der Waals surface area contributed by atoms with Gasteiger partial charge in [0.15, 0.2) is 0 Å². The van der Waals surface area contributed by atoms with E-state index in [0.717, 1.165) is 31.1 Å². The van der Waals surface area contributed by atoms with Crippen LogP contribution in [0.15, 0.2) is 24.3 Å². The lowest BCUT2D eigenvalue weighted by Gasteiger charge is -2.23. The van der Waals surface area contributed by atoms with Gasteiger partial charge in [-0.05, 0) is 31.2 Å². The van der Waals surface area contributed by atoms with Crippen LogP contribution in [-0.2, 0) is 0 Å². The molecule has 0 radical (unpaired) electrons. The molecule has 0 saturated carbocycles. The lowest BCUT2D eigenvalue weighted by Crippen LogP contribution is -2.32. The van der Waals surface area contributed by atoms with Gasteiger partial charge in [0.25, 0.3) is 0 Å². The summed E-state index contributed by atoms with van der Waals surface area (Å²) in [6, 6.07) is 8.23. The Kier molecular flexibility index (Phi) is 4.40. The van der Waals surface area contributed by atoms with Gasteiger partial charge in [-0.1, -0.05) is 23.7 Å². The van der Waals surface area contributed by atoms with Crippen LogP contribution >= 0.6 is 11.6 Å². The van der Waals surface area contributed by atoms with Crippen LogP contribution in [0.3, 0.4) is 0 Å². The molecule has 94 valence electrons. The van der Waals surface area contributed by atoms with Crippen molar-refractivity contribution in [3.63, 3.8) is 0 Å². The van der Waals surface area contributed by atoms with E-state index >= 15 is 0 Å².